The summed E-state index contributed by atoms with van der Waals surface area (Å²) in [6, 6.07) is 0. The van der Waals surface area contributed by atoms with Gasteiger partial charge in [-0.15, -0.1) is 0 Å². The lowest BCUT2D eigenvalue weighted by Gasteiger charge is -2.50. The Hall–Kier alpha value is -1.25. The Kier molecular flexibility index (Phi) is 19.1. The van der Waals surface area contributed by atoms with Gasteiger partial charge in [0, 0.05) is 65.1 Å². The average molecular weight is 712 g/mol. The third-order valence-corrected chi connectivity index (χ3v) is 10.4. The molecule has 4 N–H and O–H groups in total. The molecule has 290 valence electrons. The summed E-state index contributed by atoms with van der Waals surface area (Å²) in [5.41, 5.74) is 7.34. The zero-order chi connectivity index (χ0) is 36.7. The molecule has 4 bridgehead atoms. The van der Waals surface area contributed by atoms with Crippen molar-refractivity contribution in [3.05, 3.63) is 24.3 Å². The number of Topliss-reactive ketones (excluding diaryl/α,β-unsaturated/α-hetero) is 1. The zero-order valence-electron chi connectivity index (χ0n) is 31.7. The summed E-state index contributed by atoms with van der Waals surface area (Å²) in [5.74, 6) is 0.279. The largest absolute Gasteiger partial charge is 0.400 e. The Bertz CT molecular complexity index is 1010. The van der Waals surface area contributed by atoms with Gasteiger partial charge < -0.3 is 49.1 Å². The van der Waals surface area contributed by atoms with Crippen LogP contribution in [0.25, 0.3) is 0 Å². The van der Waals surface area contributed by atoms with Crippen LogP contribution in [0.4, 0.5) is 0 Å². The van der Waals surface area contributed by atoms with E-state index in [0.29, 0.717) is 44.3 Å². The molecule has 11 nitrogen and oxygen atoms in total. The molecule has 50 heavy (non-hydrogen) atoms. The highest BCUT2D eigenvalue weighted by Crippen LogP contribution is 2.50. The Morgan fingerprint density at radius 3 is 2.26 bits per heavy atom. The van der Waals surface area contributed by atoms with Gasteiger partial charge in [0.2, 0.25) is 0 Å². The van der Waals surface area contributed by atoms with Gasteiger partial charge in [-0.2, -0.15) is 0 Å². The maximum Gasteiger partial charge on any atom is 0.169 e. The maximum atomic E-state index is 12.7. The van der Waals surface area contributed by atoms with Crippen molar-refractivity contribution in [3.8, 4) is 0 Å². The molecule has 8 unspecified atom stereocenters. The normalized spacial score (nSPS) is 37.6. The molecule has 0 aliphatic carbocycles. The predicted molar refractivity (Wildman–Crippen MR) is 193 cm³/mol. The SMILES string of the molecule is C=C1CCCOC1.C=C1COC(CC[C@]23CC[C@H](O2)C2OC4CCC(CC(=O)C[C@@H]5CCOC5)OC4C(O3)C2C)C1.CC.CC(O)CN.CO. The number of aliphatic hydroxyl groups excluding tert-OH is 2. The molecular weight excluding hydrogens is 642 g/mol. The first-order valence-electron chi connectivity index (χ1n) is 19.3. The van der Waals surface area contributed by atoms with Crippen LogP contribution in [0.1, 0.15) is 105 Å². The molecule has 7 rings (SSSR count). The minimum Gasteiger partial charge on any atom is -0.400 e. The second-order valence-electron chi connectivity index (χ2n) is 14.6. The lowest BCUT2D eigenvalue weighted by molar-refractivity contribution is -0.288. The minimum absolute atomic E-state index is 0.0160. The number of aliphatic hydroxyl groups is 2. The molecule has 0 aromatic rings. The smallest absolute Gasteiger partial charge is 0.169 e. The Morgan fingerprint density at radius 1 is 0.920 bits per heavy atom. The summed E-state index contributed by atoms with van der Waals surface area (Å²) in [7, 11) is 1.00. The van der Waals surface area contributed by atoms with E-state index >= 15 is 0 Å². The van der Waals surface area contributed by atoms with Crippen molar-refractivity contribution in [3.63, 3.8) is 0 Å². The van der Waals surface area contributed by atoms with Gasteiger partial charge >= 0.3 is 0 Å². The molecule has 7 saturated heterocycles. The van der Waals surface area contributed by atoms with Crippen LogP contribution in [0, 0.1) is 11.8 Å². The van der Waals surface area contributed by atoms with Crippen LogP contribution in [0.5, 0.6) is 0 Å². The molecule has 0 aromatic carbocycles. The Morgan fingerprint density at radius 2 is 1.68 bits per heavy atom. The Balaban J connectivity index is 0.000000355. The fraction of sp³-hybridized carbons (Fsp3) is 0.872. The van der Waals surface area contributed by atoms with Crippen LogP contribution in [-0.4, -0.2) is 117 Å². The molecule has 0 spiro atoms. The van der Waals surface area contributed by atoms with E-state index in [1.54, 1.807) is 6.92 Å². The van der Waals surface area contributed by atoms with Gasteiger partial charge in [-0.1, -0.05) is 39.5 Å². The van der Waals surface area contributed by atoms with Gasteiger partial charge in [-0.05, 0) is 69.8 Å². The van der Waals surface area contributed by atoms with Crippen LogP contribution in [0.3, 0.4) is 0 Å². The maximum absolute atomic E-state index is 12.7. The molecule has 7 aliphatic heterocycles. The van der Waals surface area contributed by atoms with Crippen LogP contribution >= 0.6 is 0 Å². The van der Waals surface area contributed by atoms with E-state index in [4.69, 9.17) is 49.1 Å². The molecule has 7 aliphatic rings. The first-order chi connectivity index (χ1) is 24.1. The summed E-state index contributed by atoms with van der Waals surface area (Å²) in [6.07, 6.45) is 10.5. The highest BCUT2D eigenvalue weighted by molar-refractivity contribution is 5.79. The van der Waals surface area contributed by atoms with E-state index < -0.39 is 5.79 Å². The van der Waals surface area contributed by atoms with E-state index in [-0.39, 0.29) is 54.7 Å². The lowest BCUT2D eigenvalue weighted by Crippen LogP contribution is -2.60. The summed E-state index contributed by atoms with van der Waals surface area (Å²) in [4.78, 5) is 12.7. The van der Waals surface area contributed by atoms with Gasteiger partial charge in [0.15, 0.2) is 5.79 Å². The third kappa shape index (κ3) is 12.7. The monoisotopic (exact) mass is 711 g/mol. The highest BCUT2D eigenvalue weighted by atomic mass is 16.7. The first-order valence-corrected chi connectivity index (χ1v) is 19.3. The first kappa shape index (κ1) is 43.2. The summed E-state index contributed by atoms with van der Waals surface area (Å²) >= 11 is 0. The molecule has 0 saturated carbocycles. The quantitative estimate of drug-likeness (QED) is 0.291. The molecular formula is C39H69NO10. The molecule has 11 heteroatoms. The van der Waals surface area contributed by atoms with Gasteiger partial charge in [-0.3, -0.25) is 4.79 Å². The predicted octanol–water partition coefficient (Wildman–Crippen LogP) is 5.04. The van der Waals surface area contributed by atoms with Crippen molar-refractivity contribution in [1.82, 2.24) is 0 Å². The fourth-order valence-corrected chi connectivity index (χ4v) is 7.81. The van der Waals surface area contributed by atoms with Crippen LogP contribution in [-0.2, 0) is 38.0 Å². The van der Waals surface area contributed by atoms with Crippen molar-refractivity contribution >= 4 is 5.78 Å². The number of carbonyl (C=O) groups excluding carboxylic acids is 1. The number of ketones is 1. The lowest BCUT2D eigenvalue weighted by atomic mass is 9.80. The van der Waals surface area contributed by atoms with Crippen molar-refractivity contribution in [2.75, 3.05) is 46.7 Å². The van der Waals surface area contributed by atoms with E-state index in [2.05, 4.69) is 20.1 Å². The molecule has 11 atom stereocenters. The number of rotatable bonds is 8. The highest BCUT2D eigenvalue weighted by Gasteiger charge is 2.59. The van der Waals surface area contributed by atoms with E-state index in [1.165, 1.54) is 24.0 Å². The van der Waals surface area contributed by atoms with Crippen molar-refractivity contribution in [2.24, 2.45) is 17.6 Å². The van der Waals surface area contributed by atoms with Crippen molar-refractivity contribution in [1.29, 1.82) is 0 Å². The fourth-order valence-electron chi connectivity index (χ4n) is 7.81. The summed E-state index contributed by atoms with van der Waals surface area (Å²) in [5, 5.41) is 15.2. The average Bonchev–Trinajstić information content (AvgIpc) is 3.89. The molecule has 7 heterocycles. The minimum atomic E-state index is -0.585. The van der Waals surface area contributed by atoms with Gasteiger partial charge in [-0.25, -0.2) is 0 Å². The number of fused-ring (bicyclic) bond motifs is 7. The summed E-state index contributed by atoms with van der Waals surface area (Å²) in [6.45, 7) is 20.0. The van der Waals surface area contributed by atoms with E-state index in [0.717, 1.165) is 78.3 Å². The van der Waals surface area contributed by atoms with Crippen LogP contribution in [0.15, 0.2) is 24.3 Å². The number of carbonyl (C=O) groups is 1. The van der Waals surface area contributed by atoms with Gasteiger partial charge in [0.05, 0.1) is 55.9 Å². The molecule has 0 aromatic heterocycles. The molecule has 0 amide bonds. The van der Waals surface area contributed by atoms with E-state index in [1.807, 2.05) is 13.8 Å². The number of hydrogen-bond donors (Lipinski definition) is 3. The Labute approximate surface area is 301 Å². The summed E-state index contributed by atoms with van der Waals surface area (Å²) < 4.78 is 43.1. The number of hydrogen-bond acceptors (Lipinski definition) is 11. The third-order valence-electron chi connectivity index (χ3n) is 10.4. The van der Waals surface area contributed by atoms with Gasteiger partial charge in [0.25, 0.3) is 0 Å². The van der Waals surface area contributed by atoms with Gasteiger partial charge in [0.1, 0.15) is 11.9 Å². The zero-order valence-corrected chi connectivity index (χ0v) is 31.7. The van der Waals surface area contributed by atoms with Crippen LogP contribution < -0.4 is 5.73 Å². The number of nitrogens with two attached hydrogens (primary N) is 1. The van der Waals surface area contributed by atoms with E-state index in [9.17, 15) is 4.79 Å². The molecule has 7 fully saturated rings. The second kappa shape index (κ2) is 22.1. The standard InChI is InChI=1S/C27H40O7.C6H10O.C3H9NO.C2H6.CH4O/c1-16-11-20(30-14-16)5-8-27-9-6-23(33-27)24-17(2)25(34-27)26-22(32-24)4-3-21(31-26)13-19(28)12-18-7-10-29-15-18;1-6-3-2-4-7-5-6;1-3(5)2-4;2*1-2/h17-18,20-26H,1,3-15H2,2H3;1-5H2;3,5H,2,4H2,1H3;1-2H3;2H,1H3/t17?,18-,20?,21?,22?,23-,24?,25?,26?,27-;;;;/m0..../s1. The van der Waals surface area contributed by atoms with Crippen molar-refractivity contribution < 1.29 is 48.2 Å². The van der Waals surface area contributed by atoms with Crippen LogP contribution in [0.2, 0.25) is 0 Å². The second-order valence-corrected chi connectivity index (χ2v) is 14.6. The molecule has 0 radical (unpaired) electrons. The number of ether oxygens (including phenoxy) is 7. The topological polar surface area (TPSA) is 148 Å². The van der Waals surface area contributed by atoms with Crippen molar-refractivity contribution in [2.45, 2.75) is 159 Å².